The molecule has 258 valence electrons. The predicted molar refractivity (Wildman–Crippen MR) is 203 cm³/mol. The number of thioether (sulfide) groups is 1. The van der Waals surface area contributed by atoms with Crippen LogP contribution in [0.1, 0.15) is 51.4 Å². The van der Waals surface area contributed by atoms with Crippen LogP contribution < -0.4 is 5.32 Å². The van der Waals surface area contributed by atoms with Crippen LogP contribution in [0.4, 0.5) is 0 Å². The Kier molecular flexibility index (Phi) is 11.7. The number of halogens is 1. The van der Waals surface area contributed by atoms with Crippen molar-refractivity contribution in [3.63, 3.8) is 0 Å². The predicted octanol–water partition coefficient (Wildman–Crippen LogP) is 7.84. The fourth-order valence-corrected chi connectivity index (χ4v) is 6.68. The Morgan fingerprint density at radius 1 is 1.00 bits per heavy atom. The quantitative estimate of drug-likeness (QED) is 0.0926. The molecule has 11 heteroatoms. The number of amides is 3. The summed E-state index contributed by atoms with van der Waals surface area (Å²) in [4.78, 5) is 58.5. The van der Waals surface area contributed by atoms with Gasteiger partial charge in [0.2, 0.25) is 5.91 Å². The van der Waals surface area contributed by atoms with E-state index in [-0.39, 0.29) is 28.0 Å². The smallest absolute Gasteiger partial charge is 0.335 e. The van der Waals surface area contributed by atoms with Gasteiger partial charge in [0, 0.05) is 17.1 Å². The van der Waals surface area contributed by atoms with E-state index >= 15 is 0 Å². The van der Waals surface area contributed by atoms with Gasteiger partial charge in [0.15, 0.2) is 5.17 Å². The second-order valence-corrected chi connectivity index (χ2v) is 12.8. The summed E-state index contributed by atoms with van der Waals surface area (Å²) in [5, 5.41) is 13.0. The maximum atomic E-state index is 14.2. The second-order valence-electron chi connectivity index (χ2n) is 11.5. The van der Waals surface area contributed by atoms with Crippen LogP contribution in [-0.2, 0) is 14.4 Å². The van der Waals surface area contributed by atoms with Crippen LogP contribution in [-0.4, -0.2) is 49.2 Å². The first-order valence-electron chi connectivity index (χ1n) is 15.9. The normalized spacial score (nSPS) is 14.4. The molecule has 0 aliphatic carbocycles. The van der Waals surface area contributed by atoms with Gasteiger partial charge in [-0.1, -0.05) is 109 Å². The van der Waals surface area contributed by atoms with Gasteiger partial charge in [0.1, 0.15) is 5.57 Å². The summed E-state index contributed by atoms with van der Waals surface area (Å²) in [6, 6.07) is 24.9. The van der Waals surface area contributed by atoms with Crippen LogP contribution in [0.15, 0.2) is 132 Å². The molecule has 4 aromatic rings. The highest BCUT2D eigenvalue weighted by molar-refractivity contribution is 8.14. The highest BCUT2D eigenvalue weighted by Crippen LogP contribution is 2.31. The van der Waals surface area contributed by atoms with Crippen molar-refractivity contribution in [3.8, 4) is 5.69 Å². The number of aromatic nitrogens is 1. The SMILES string of the molecule is C=C/C=C\C(=C/C)N1C(=O)/C(=C/c2cc(C)n(-c3cc(C(=O)O)ccc3Cl)c2C)C(=O)N=C1SCC(=O)NC(c1ccccc1)c1ccccc1. The molecule has 1 aromatic heterocycles. The first-order chi connectivity index (χ1) is 24.5. The van der Waals surface area contributed by atoms with Gasteiger partial charge in [-0.3, -0.25) is 19.3 Å². The zero-order chi connectivity index (χ0) is 36.7. The van der Waals surface area contributed by atoms with E-state index in [1.54, 1.807) is 48.8 Å². The molecule has 3 amide bonds. The van der Waals surface area contributed by atoms with Crippen LogP contribution >= 0.6 is 23.4 Å². The maximum Gasteiger partial charge on any atom is 0.335 e. The van der Waals surface area contributed by atoms with Crippen LogP contribution in [0.25, 0.3) is 11.8 Å². The number of carbonyl (C=O) groups excluding carboxylic acids is 3. The zero-order valence-corrected chi connectivity index (χ0v) is 29.7. The van der Waals surface area contributed by atoms with E-state index < -0.39 is 23.8 Å². The number of aliphatic imine (C=N–C) groups is 1. The van der Waals surface area contributed by atoms with Crippen molar-refractivity contribution in [1.82, 2.24) is 14.8 Å². The molecule has 0 radical (unpaired) electrons. The largest absolute Gasteiger partial charge is 0.478 e. The van der Waals surface area contributed by atoms with Crippen LogP contribution in [0.3, 0.4) is 0 Å². The molecule has 3 aromatic carbocycles. The molecule has 1 aliphatic rings. The van der Waals surface area contributed by atoms with Crippen molar-refractivity contribution in [2.75, 3.05) is 5.75 Å². The summed E-state index contributed by atoms with van der Waals surface area (Å²) in [5.74, 6) is -2.92. The lowest BCUT2D eigenvalue weighted by molar-refractivity contribution is -0.126. The standard InChI is InChI=1S/C40H35ClN4O5S/c1-5-7-18-31(6-2)45-38(48)32(22-30-21-25(3)44(26(30)4)34-23-29(39(49)50)19-20-33(34)41)37(47)43-40(45)51-24-35(46)42-36(27-14-10-8-11-15-27)28-16-12-9-13-17-28/h5-23,36H,1,24H2,2-4H3,(H,42,46)(H,49,50)/b18-7-,31-6+,32-22+. The molecular formula is C40H35ClN4O5S. The third-order valence-electron chi connectivity index (χ3n) is 8.12. The lowest BCUT2D eigenvalue weighted by atomic mass is 9.99. The number of nitrogens with zero attached hydrogens (tertiary/aromatic N) is 3. The molecule has 0 fully saturated rings. The molecule has 2 N–H and O–H groups in total. The molecule has 0 unspecified atom stereocenters. The van der Waals surface area contributed by atoms with E-state index in [4.69, 9.17) is 11.6 Å². The second kappa shape index (κ2) is 16.3. The fraction of sp³-hybridized carbons (Fsp3) is 0.125. The zero-order valence-electron chi connectivity index (χ0n) is 28.2. The number of carboxylic acids is 1. The number of rotatable bonds is 11. The number of carbonyl (C=O) groups is 4. The topological polar surface area (TPSA) is 121 Å². The van der Waals surface area contributed by atoms with Gasteiger partial charge in [0.05, 0.1) is 28.1 Å². The number of benzene rings is 3. The molecule has 0 saturated heterocycles. The van der Waals surface area contributed by atoms with Crippen molar-refractivity contribution in [2.24, 2.45) is 4.99 Å². The Balaban J connectivity index is 1.47. The number of hydrogen-bond acceptors (Lipinski definition) is 5. The number of allylic oxidation sites excluding steroid dienone is 4. The van der Waals surface area contributed by atoms with E-state index in [0.29, 0.717) is 33.4 Å². The van der Waals surface area contributed by atoms with E-state index in [1.807, 2.05) is 67.6 Å². The number of nitrogens with one attached hydrogen (secondary N) is 1. The van der Waals surface area contributed by atoms with Gasteiger partial charge >= 0.3 is 5.97 Å². The van der Waals surface area contributed by atoms with Gasteiger partial charge in [-0.15, -0.1) is 0 Å². The minimum atomic E-state index is -1.10. The number of hydrogen-bond donors (Lipinski definition) is 2. The summed E-state index contributed by atoms with van der Waals surface area (Å²) in [6.45, 7) is 9.06. The highest BCUT2D eigenvalue weighted by Gasteiger charge is 2.35. The Hall–Kier alpha value is -5.71. The van der Waals surface area contributed by atoms with Crippen molar-refractivity contribution >= 4 is 58.3 Å². The average molecular weight is 719 g/mol. The van der Waals surface area contributed by atoms with Crippen LogP contribution in [0, 0.1) is 13.8 Å². The summed E-state index contributed by atoms with van der Waals surface area (Å²) in [7, 11) is 0. The molecule has 9 nitrogen and oxygen atoms in total. The lowest BCUT2D eigenvalue weighted by Gasteiger charge is -2.28. The Bertz CT molecular complexity index is 2090. The molecule has 2 heterocycles. The molecule has 0 saturated carbocycles. The lowest BCUT2D eigenvalue weighted by Crippen LogP contribution is -2.42. The van der Waals surface area contributed by atoms with Crippen LogP contribution in [0.2, 0.25) is 5.02 Å². The third-order valence-corrected chi connectivity index (χ3v) is 9.38. The first kappa shape index (κ1) is 36.6. The highest BCUT2D eigenvalue weighted by atomic mass is 35.5. The van der Waals surface area contributed by atoms with E-state index in [9.17, 15) is 24.3 Å². The minimum absolute atomic E-state index is 0.0535. The summed E-state index contributed by atoms with van der Waals surface area (Å²) in [5.41, 5.74) is 4.43. The Morgan fingerprint density at radius 2 is 1.65 bits per heavy atom. The van der Waals surface area contributed by atoms with Crippen molar-refractivity contribution in [2.45, 2.75) is 26.8 Å². The monoisotopic (exact) mass is 718 g/mol. The summed E-state index contributed by atoms with van der Waals surface area (Å²) in [6.07, 6.45) is 8.05. The fourth-order valence-electron chi connectivity index (χ4n) is 5.67. The molecule has 51 heavy (non-hydrogen) atoms. The van der Waals surface area contributed by atoms with E-state index in [0.717, 1.165) is 22.9 Å². The molecule has 0 spiro atoms. The third kappa shape index (κ3) is 8.20. The molecule has 0 atom stereocenters. The molecule has 5 rings (SSSR count). The summed E-state index contributed by atoms with van der Waals surface area (Å²) >= 11 is 7.46. The average Bonchev–Trinajstić information content (AvgIpc) is 3.41. The van der Waals surface area contributed by atoms with Gasteiger partial charge in [-0.2, -0.15) is 4.99 Å². The minimum Gasteiger partial charge on any atom is -0.478 e. The number of carboxylic acid groups (broad SMARTS) is 1. The maximum absolute atomic E-state index is 14.2. The van der Waals surface area contributed by atoms with Crippen molar-refractivity contribution < 1.29 is 24.3 Å². The number of aromatic carboxylic acids is 1. The van der Waals surface area contributed by atoms with Crippen molar-refractivity contribution in [3.05, 3.63) is 166 Å². The van der Waals surface area contributed by atoms with E-state index in [2.05, 4.69) is 16.9 Å². The van der Waals surface area contributed by atoms with Crippen molar-refractivity contribution in [1.29, 1.82) is 0 Å². The summed E-state index contributed by atoms with van der Waals surface area (Å²) < 4.78 is 1.77. The van der Waals surface area contributed by atoms with E-state index in [1.165, 1.54) is 29.2 Å². The van der Waals surface area contributed by atoms with Gasteiger partial charge < -0.3 is 15.0 Å². The Labute approximate surface area is 305 Å². The molecular weight excluding hydrogens is 684 g/mol. The first-order valence-corrected chi connectivity index (χ1v) is 17.3. The number of amidine groups is 1. The molecule has 0 bridgehead atoms. The van der Waals surface area contributed by atoms with Gasteiger partial charge in [-0.05, 0) is 73.9 Å². The van der Waals surface area contributed by atoms with Gasteiger partial charge in [0.25, 0.3) is 11.8 Å². The molecule has 1 aliphatic heterocycles. The van der Waals surface area contributed by atoms with Crippen LogP contribution in [0.5, 0.6) is 0 Å². The van der Waals surface area contributed by atoms with Gasteiger partial charge in [-0.25, -0.2) is 4.79 Å². The Morgan fingerprint density at radius 3 is 2.24 bits per heavy atom. The number of aryl methyl sites for hydroxylation is 1.